The summed E-state index contributed by atoms with van der Waals surface area (Å²) in [6.07, 6.45) is 3.46. The van der Waals surface area contributed by atoms with Crippen LogP contribution < -0.4 is 0 Å². The van der Waals surface area contributed by atoms with Gasteiger partial charge in [-0.1, -0.05) is 35.3 Å². The number of aromatic nitrogens is 4. The third kappa shape index (κ3) is 3.57. The topological polar surface area (TPSA) is 51.6 Å². The quantitative estimate of drug-likeness (QED) is 0.467. The van der Waals surface area contributed by atoms with Crippen LogP contribution in [0.3, 0.4) is 0 Å². The molecule has 4 nitrogen and oxygen atoms in total. The molecule has 6 heteroatoms. The molecule has 0 saturated carbocycles. The van der Waals surface area contributed by atoms with Crippen molar-refractivity contribution in [1.82, 2.24) is 19.9 Å². The van der Waals surface area contributed by atoms with E-state index in [9.17, 15) is 0 Å². The van der Waals surface area contributed by atoms with Crippen LogP contribution in [0.25, 0.3) is 34.2 Å². The van der Waals surface area contributed by atoms with Crippen molar-refractivity contribution in [2.45, 2.75) is 0 Å². The van der Waals surface area contributed by atoms with E-state index in [1.165, 1.54) is 0 Å². The lowest BCUT2D eigenvalue weighted by Crippen LogP contribution is -1.97. The molecular weight excluding hydrogens is 367 g/mol. The summed E-state index contributed by atoms with van der Waals surface area (Å²) < 4.78 is 0. The highest BCUT2D eigenvalue weighted by molar-refractivity contribution is 6.35. The average Bonchev–Trinajstić information content (AvgIpc) is 2.68. The third-order valence-electron chi connectivity index (χ3n) is 3.70. The molecule has 0 amide bonds. The van der Waals surface area contributed by atoms with Crippen LogP contribution >= 0.6 is 23.2 Å². The lowest BCUT2D eigenvalue weighted by atomic mass is 10.1. The largest absolute Gasteiger partial charge is 0.255 e. The highest BCUT2D eigenvalue weighted by Gasteiger charge is 2.12. The second-order valence-corrected chi connectivity index (χ2v) is 6.42. The van der Waals surface area contributed by atoms with Crippen LogP contribution in [-0.2, 0) is 0 Å². The molecule has 4 aromatic rings. The van der Waals surface area contributed by atoms with Crippen LogP contribution in [0.15, 0.2) is 73.1 Å². The van der Waals surface area contributed by atoms with Gasteiger partial charge < -0.3 is 0 Å². The summed E-state index contributed by atoms with van der Waals surface area (Å²) in [5.74, 6) is 0.512. The average molecular weight is 379 g/mol. The van der Waals surface area contributed by atoms with Gasteiger partial charge in [-0.05, 0) is 48.5 Å². The van der Waals surface area contributed by atoms with Crippen LogP contribution in [0.1, 0.15) is 0 Å². The smallest absolute Gasteiger partial charge is 0.160 e. The second kappa shape index (κ2) is 7.20. The molecule has 0 bridgehead atoms. The molecule has 26 heavy (non-hydrogen) atoms. The van der Waals surface area contributed by atoms with E-state index >= 15 is 0 Å². The Morgan fingerprint density at radius 3 is 1.58 bits per heavy atom. The fraction of sp³-hybridized carbons (Fsp3) is 0. The second-order valence-electron chi connectivity index (χ2n) is 5.55. The molecule has 0 atom stereocenters. The van der Waals surface area contributed by atoms with E-state index in [4.69, 9.17) is 23.2 Å². The molecule has 0 radical (unpaired) electrons. The third-order valence-corrected chi connectivity index (χ3v) is 4.14. The number of pyridine rings is 2. The number of rotatable bonds is 3. The van der Waals surface area contributed by atoms with Gasteiger partial charge in [0.05, 0.1) is 22.8 Å². The van der Waals surface area contributed by atoms with E-state index < -0.39 is 0 Å². The standard InChI is InChI=1S/C20H12Cl2N4/c21-14-9-13(10-15(22)11-14)20-25-18(16-5-1-3-7-23-16)12-19(26-20)17-6-2-4-8-24-17/h1-12H. The number of nitrogens with zero attached hydrogens (tertiary/aromatic N) is 4. The normalized spacial score (nSPS) is 10.7. The molecule has 4 rings (SSSR count). The Labute approximate surface area is 160 Å². The van der Waals surface area contributed by atoms with Crippen molar-refractivity contribution in [2.75, 3.05) is 0 Å². The van der Waals surface area contributed by atoms with Gasteiger partial charge in [-0.3, -0.25) is 9.97 Å². The number of hydrogen-bond donors (Lipinski definition) is 0. The Bertz CT molecular complexity index is 976. The van der Waals surface area contributed by atoms with E-state index in [2.05, 4.69) is 19.9 Å². The first-order valence-corrected chi connectivity index (χ1v) is 8.63. The van der Waals surface area contributed by atoms with E-state index in [1.807, 2.05) is 42.5 Å². The van der Waals surface area contributed by atoms with Crippen LogP contribution in [-0.4, -0.2) is 19.9 Å². The highest BCUT2D eigenvalue weighted by atomic mass is 35.5. The zero-order valence-electron chi connectivity index (χ0n) is 13.5. The van der Waals surface area contributed by atoms with Gasteiger partial charge in [0.1, 0.15) is 0 Å². The minimum Gasteiger partial charge on any atom is -0.255 e. The summed E-state index contributed by atoms with van der Waals surface area (Å²) in [6.45, 7) is 0. The van der Waals surface area contributed by atoms with Crippen molar-refractivity contribution in [1.29, 1.82) is 0 Å². The predicted molar refractivity (Wildman–Crippen MR) is 104 cm³/mol. The maximum Gasteiger partial charge on any atom is 0.160 e. The van der Waals surface area contributed by atoms with Gasteiger partial charge in [-0.15, -0.1) is 0 Å². The number of hydrogen-bond acceptors (Lipinski definition) is 4. The monoisotopic (exact) mass is 378 g/mol. The van der Waals surface area contributed by atoms with Crippen molar-refractivity contribution >= 4 is 23.2 Å². The van der Waals surface area contributed by atoms with Crippen molar-refractivity contribution in [2.24, 2.45) is 0 Å². The summed E-state index contributed by atoms with van der Waals surface area (Å²) in [4.78, 5) is 18.1. The summed E-state index contributed by atoms with van der Waals surface area (Å²) >= 11 is 12.3. The van der Waals surface area contributed by atoms with E-state index in [1.54, 1.807) is 30.6 Å². The Morgan fingerprint density at radius 1 is 0.577 bits per heavy atom. The SMILES string of the molecule is Clc1cc(Cl)cc(-c2nc(-c3ccccn3)cc(-c3ccccn3)n2)c1. The Kier molecular flexibility index (Phi) is 4.61. The molecule has 0 unspecified atom stereocenters. The molecule has 0 saturated heterocycles. The van der Waals surface area contributed by atoms with Gasteiger partial charge in [0, 0.05) is 28.0 Å². The molecular formula is C20H12Cl2N4. The van der Waals surface area contributed by atoms with E-state index in [0.29, 0.717) is 27.3 Å². The first-order chi connectivity index (χ1) is 12.7. The van der Waals surface area contributed by atoms with Crippen molar-refractivity contribution in [3.63, 3.8) is 0 Å². The minimum absolute atomic E-state index is 0.512. The molecule has 0 spiro atoms. The lowest BCUT2D eigenvalue weighted by molar-refractivity contribution is 1.15. The maximum absolute atomic E-state index is 6.15. The summed E-state index contributed by atoms with van der Waals surface area (Å²) in [6, 6.07) is 18.5. The van der Waals surface area contributed by atoms with Crippen LogP contribution in [0, 0.1) is 0 Å². The van der Waals surface area contributed by atoms with Gasteiger partial charge in [-0.2, -0.15) is 0 Å². The van der Waals surface area contributed by atoms with Crippen LogP contribution in [0.2, 0.25) is 10.0 Å². The molecule has 0 aliphatic rings. The lowest BCUT2D eigenvalue weighted by Gasteiger charge is -2.09. The molecule has 1 aromatic carbocycles. The zero-order valence-corrected chi connectivity index (χ0v) is 15.0. The first kappa shape index (κ1) is 16.6. The van der Waals surface area contributed by atoms with Gasteiger partial charge in [0.15, 0.2) is 5.82 Å². The molecule has 3 aromatic heterocycles. The Balaban J connectivity index is 1.93. The van der Waals surface area contributed by atoms with Gasteiger partial charge >= 0.3 is 0 Å². The Morgan fingerprint density at radius 2 is 1.12 bits per heavy atom. The molecule has 3 heterocycles. The maximum atomic E-state index is 6.15. The predicted octanol–water partition coefficient (Wildman–Crippen LogP) is 5.57. The van der Waals surface area contributed by atoms with Gasteiger partial charge in [0.2, 0.25) is 0 Å². The van der Waals surface area contributed by atoms with E-state index in [-0.39, 0.29) is 0 Å². The van der Waals surface area contributed by atoms with Gasteiger partial charge in [-0.25, -0.2) is 9.97 Å². The fourth-order valence-corrected chi connectivity index (χ4v) is 3.08. The highest BCUT2D eigenvalue weighted by Crippen LogP contribution is 2.29. The molecule has 0 aliphatic carbocycles. The Hall–Kier alpha value is -2.82. The molecule has 126 valence electrons. The molecule has 0 aliphatic heterocycles. The van der Waals surface area contributed by atoms with Crippen LogP contribution in [0.4, 0.5) is 0 Å². The zero-order chi connectivity index (χ0) is 17.9. The van der Waals surface area contributed by atoms with E-state index in [0.717, 1.165) is 17.0 Å². The van der Waals surface area contributed by atoms with Gasteiger partial charge in [0.25, 0.3) is 0 Å². The summed E-state index contributed by atoms with van der Waals surface area (Å²) in [5, 5.41) is 1.05. The van der Waals surface area contributed by atoms with Crippen molar-refractivity contribution in [3.05, 3.63) is 83.1 Å². The number of halogens is 2. The summed E-state index contributed by atoms with van der Waals surface area (Å²) in [5.41, 5.74) is 3.64. The van der Waals surface area contributed by atoms with Crippen molar-refractivity contribution < 1.29 is 0 Å². The van der Waals surface area contributed by atoms with Crippen molar-refractivity contribution in [3.8, 4) is 34.2 Å². The molecule has 0 N–H and O–H groups in total. The minimum atomic E-state index is 0.512. The number of benzene rings is 1. The summed E-state index contributed by atoms with van der Waals surface area (Å²) in [7, 11) is 0. The van der Waals surface area contributed by atoms with Crippen LogP contribution in [0.5, 0.6) is 0 Å². The first-order valence-electron chi connectivity index (χ1n) is 7.87. The fourth-order valence-electron chi connectivity index (χ4n) is 2.55. The molecule has 0 fully saturated rings.